The second-order valence-corrected chi connectivity index (χ2v) is 3.24. The highest BCUT2D eigenvalue weighted by Crippen LogP contribution is 2.03. The molecule has 1 atom stereocenters. The number of ether oxygens (including phenoxy) is 1. The number of carboxylic acid groups (broad SMARTS) is 1. The van der Waals surface area contributed by atoms with Gasteiger partial charge in [0.25, 0.3) is 0 Å². The van der Waals surface area contributed by atoms with Gasteiger partial charge in [0.1, 0.15) is 6.04 Å². The van der Waals surface area contributed by atoms with E-state index >= 15 is 0 Å². The summed E-state index contributed by atoms with van der Waals surface area (Å²) in [6.07, 6.45) is 0.508. The topological polar surface area (TPSA) is 66.8 Å². The fourth-order valence-electron chi connectivity index (χ4n) is 0.941. The monoisotopic (exact) mass is 203 g/mol. The van der Waals surface area contributed by atoms with Crippen molar-refractivity contribution < 1.29 is 19.4 Å². The van der Waals surface area contributed by atoms with Gasteiger partial charge in [0.2, 0.25) is 0 Å². The lowest BCUT2D eigenvalue weighted by atomic mass is 10.2. The Morgan fingerprint density at radius 1 is 1.43 bits per heavy atom. The van der Waals surface area contributed by atoms with Crippen LogP contribution in [0.4, 0.5) is 0 Å². The predicted octanol–water partition coefficient (Wildman–Crippen LogP) is 0.345. The van der Waals surface area contributed by atoms with Crippen molar-refractivity contribution in [3.05, 3.63) is 0 Å². The van der Waals surface area contributed by atoms with Gasteiger partial charge in [-0.15, -0.1) is 0 Å². The first-order chi connectivity index (χ1) is 6.49. The molecule has 5 heteroatoms. The van der Waals surface area contributed by atoms with Crippen LogP contribution < -0.4 is 0 Å². The fourth-order valence-corrected chi connectivity index (χ4v) is 0.941. The van der Waals surface area contributed by atoms with Crippen LogP contribution in [0.2, 0.25) is 0 Å². The van der Waals surface area contributed by atoms with Gasteiger partial charge in [-0.25, -0.2) is 0 Å². The Kier molecular flexibility index (Phi) is 5.87. The lowest BCUT2D eigenvalue weighted by Crippen LogP contribution is -2.39. The summed E-state index contributed by atoms with van der Waals surface area (Å²) in [5.41, 5.74) is 0. The Labute approximate surface area is 83.6 Å². The summed E-state index contributed by atoms with van der Waals surface area (Å²) in [4.78, 5) is 23.4. The number of esters is 1. The zero-order chi connectivity index (χ0) is 11.1. The molecule has 0 saturated heterocycles. The Morgan fingerprint density at radius 2 is 2.00 bits per heavy atom. The van der Waals surface area contributed by atoms with Crippen LogP contribution in [0.3, 0.4) is 0 Å². The Morgan fingerprint density at radius 3 is 2.36 bits per heavy atom. The van der Waals surface area contributed by atoms with E-state index in [0.717, 1.165) is 6.42 Å². The molecule has 0 aromatic carbocycles. The van der Waals surface area contributed by atoms with Crippen molar-refractivity contribution in [1.82, 2.24) is 4.90 Å². The maximum atomic E-state index is 11.4. The van der Waals surface area contributed by atoms with Crippen LogP contribution in [-0.4, -0.2) is 48.7 Å². The largest absolute Gasteiger partial charge is 0.481 e. The third-order valence-corrected chi connectivity index (χ3v) is 1.71. The number of nitrogens with zero attached hydrogens (tertiary/aromatic N) is 1. The summed E-state index contributed by atoms with van der Waals surface area (Å²) in [6.45, 7) is 2.22. The number of aliphatic carboxylic acids is 1. The van der Waals surface area contributed by atoms with Crippen molar-refractivity contribution in [3.63, 3.8) is 0 Å². The van der Waals surface area contributed by atoms with Gasteiger partial charge < -0.3 is 9.84 Å². The van der Waals surface area contributed by atoms with E-state index < -0.39 is 18.0 Å². The maximum Gasteiger partial charge on any atom is 0.323 e. The van der Waals surface area contributed by atoms with Crippen molar-refractivity contribution in [3.8, 4) is 0 Å². The lowest BCUT2D eigenvalue weighted by molar-refractivity contribution is -0.153. The van der Waals surface area contributed by atoms with E-state index in [2.05, 4.69) is 0 Å². The molecule has 0 spiro atoms. The molecule has 82 valence electrons. The quantitative estimate of drug-likeness (QED) is 0.631. The van der Waals surface area contributed by atoms with Gasteiger partial charge in [-0.1, -0.05) is 6.92 Å². The van der Waals surface area contributed by atoms with Gasteiger partial charge in [0, 0.05) is 0 Å². The second kappa shape index (κ2) is 6.37. The van der Waals surface area contributed by atoms with E-state index in [0.29, 0.717) is 6.61 Å². The van der Waals surface area contributed by atoms with Gasteiger partial charge in [-0.3, -0.25) is 14.5 Å². The summed E-state index contributed by atoms with van der Waals surface area (Å²) >= 11 is 0. The van der Waals surface area contributed by atoms with Crippen LogP contribution in [0.1, 0.15) is 19.8 Å². The fraction of sp³-hybridized carbons (Fsp3) is 0.778. The minimum Gasteiger partial charge on any atom is -0.481 e. The number of carbonyl (C=O) groups is 2. The zero-order valence-electron chi connectivity index (χ0n) is 8.82. The summed E-state index contributed by atoms with van der Waals surface area (Å²) in [6, 6.07) is -0.695. The molecule has 14 heavy (non-hydrogen) atoms. The van der Waals surface area contributed by atoms with Crippen LogP contribution >= 0.6 is 0 Å². The summed E-state index contributed by atoms with van der Waals surface area (Å²) in [7, 11) is 3.31. The van der Waals surface area contributed by atoms with Crippen LogP contribution in [0.15, 0.2) is 0 Å². The molecule has 0 aliphatic heterocycles. The van der Waals surface area contributed by atoms with Gasteiger partial charge in [-0.2, -0.15) is 0 Å². The van der Waals surface area contributed by atoms with E-state index in [1.807, 2.05) is 6.92 Å². The average molecular weight is 203 g/mol. The molecule has 0 amide bonds. The van der Waals surface area contributed by atoms with E-state index in [9.17, 15) is 9.59 Å². The van der Waals surface area contributed by atoms with Crippen molar-refractivity contribution >= 4 is 11.9 Å². The number of rotatable bonds is 6. The van der Waals surface area contributed by atoms with Gasteiger partial charge >= 0.3 is 11.9 Å². The Bertz CT molecular complexity index is 203. The van der Waals surface area contributed by atoms with Crippen molar-refractivity contribution in [2.75, 3.05) is 20.7 Å². The SMILES string of the molecule is CCCOC(=O)C(CC(=O)O)N(C)C. The van der Waals surface area contributed by atoms with E-state index in [1.54, 1.807) is 19.0 Å². The van der Waals surface area contributed by atoms with Crippen LogP contribution in [0.25, 0.3) is 0 Å². The molecule has 0 fully saturated rings. The Balaban J connectivity index is 4.19. The minimum atomic E-state index is -1.00. The van der Waals surface area contributed by atoms with E-state index in [1.165, 1.54) is 0 Å². The van der Waals surface area contributed by atoms with Gasteiger partial charge in [-0.05, 0) is 20.5 Å². The molecule has 1 unspecified atom stereocenters. The molecule has 0 radical (unpaired) electrons. The van der Waals surface area contributed by atoms with Gasteiger partial charge in [0.05, 0.1) is 13.0 Å². The number of carbonyl (C=O) groups excluding carboxylic acids is 1. The highest BCUT2D eigenvalue weighted by molar-refractivity contribution is 5.81. The van der Waals surface area contributed by atoms with Crippen molar-refractivity contribution in [2.24, 2.45) is 0 Å². The molecule has 0 bridgehead atoms. The molecule has 0 heterocycles. The average Bonchev–Trinajstić information content (AvgIpc) is 2.09. The molecule has 0 aromatic heterocycles. The number of carboxylic acids is 1. The highest BCUT2D eigenvalue weighted by Gasteiger charge is 2.24. The normalized spacial score (nSPS) is 12.6. The molecule has 0 aliphatic rings. The summed E-state index contributed by atoms with van der Waals surface area (Å²) in [5, 5.41) is 8.57. The lowest BCUT2D eigenvalue weighted by Gasteiger charge is -2.20. The molecule has 0 rings (SSSR count). The maximum absolute atomic E-state index is 11.4. The van der Waals surface area contributed by atoms with Crippen LogP contribution in [0, 0.1) is 0 Å². The molecule has 5 nitrogen and oxygen atoms in total. The van der Waals surface area contributed by atoms with Gasteiger partial charge in [0.15, 0.2) is 0 Å². The molecule has 1 N–H and O–H groups in total. The standard InChI is InChI=1S/C9H17NO4/c1-4-5-14-9(13)7(10(2)3)6-8(11)12/h7H,4-6H2,1-3H3,(H,11,12). The Hall–Kier alpha value is -1.10. The van der Waals surface area contributed by atoms with E-state index in [4.69, 9.17) is 9.84 Å². The smallest absolute Gasteiger partial charge is 0.323 e. The molecule has 0 aliphatic carbocycles. The third kappa shape index (κ3) is 4.81. The summed E-state index contributed by atoms with van der Waals surface area (Å²) in [5.74, 6) is -1.48. The van der Waals surface area contributed by atoms with Crippen molar-refractivity contribution in [1.29, 1.82) is 0 Å². The zero-order valence-corrected chi connectivity index (χ0v) is 8.82. The first-order valence-corrected chi connectivity index (χ1v) is 4.53. The molecule has 0 aromatic rings. The third-order valence-electron chi connectivity index (χ3n) is 1.71. The van der Waals surface area contributed by atoms with Crippen LogP contribution in [0.5, 0.6) is 0 Å². The van der Waals surface area contributed by atoms with Crippen LogP contribution in [-0.2, 0) is 14.3 Å². The first-order valence-electron chi connectivity index (χ1n) is 4.53. The molecular formula is C9H17NO4. The second-order valence-electron chi connectivity index (χ2n) is 3.24. The summed E-state index contributed by atoms with van der Waals surface area (Å²) < 4.78 is 4.87. The number of hydrogen-bond acceptors (Lipinski definition) is 4. The molecular weight excluding hydrogens is 186 g/mol. The highest BCUT2D eigenvalue weighted by atomic mass is 16.5. The number of hydrogen-bond donors (Lipinski definition) is 1. The molecule has 0 saturated carbocycles. The first kappa shape index (κ1) is 12.9. The van der Waals surface area contributed by atoms with E-state index in [-0.39, 0.29) is 6.42 Å². The van der Waals surface area contributed by atoms with Crippen molar-refractivity contribution in [2.45, 2.75) is 25.8 Å². The predicted molar refractivity (Wildman–Crippen MR) is 51.0 cm³/mol. The minimum absolute atomic E-state index is 0.227. The number of likely N-dealkylation sites (N-methyl/N-ethyl adjacent to an activating group) is 1.